The third-order valence-electron chi connectivity index (χ3n) is 8.35. The molecule has 1 N–H and O–H groups in total. The van der Waals surface area contributed by atoms with Crippen LogP contribution in [0.3, 0.4) is 0 Å². The van der Waals surface area contributed by atoms with Gasteiger partial charge in [-0.25, -0.2) is 19.7 Å². The zero-order valence-electron chi connectivity index (χ0n) is 29.5. The number of anilines is 2. The van der Waals surface area contributed by atoms with Crippen LogP contribution in [-0.4, -0.2) is 60.5 Å². The highest BCUT2D eigenvalue weighted by molar-refractivity contribution is 5.90. The number of rotatable bonds is 13. The molecular weight excluding hydrogens is 714 g/mol. The van der Waals surface area contributed by atoms with E-state index in [1.165, 1.54) is 25.3 Å². The summed E-state index contributed by atoms with van der Waals surface area (Å²) < 4.78 is 103. The van der Waals surface area contributed by atoms with Crippen LogP contribution >= 0.6 is 0 Å². The third-order valence-corrected chi connectivity index (χ3v) is 8.35. The molecule has 1 aromatic carbocycles. The predicted octanol–water partition coefficient (Wildman–Crippen LogP) is 7.67. The second-order valence-corrected chi connectivity index (χ2v) is 12.8. The number of nitrogens with zero attached hydrogens (tertiary/aromatic N) is 5. The molecule has 1 amide bonds. The van der Waals surface area contributed by atoms with Gasteiger partial charge in [-0.05, 0) is 62.9 Å². The molecule has 3 heterocycles. The Hall–Kier alpha value is -5.34. The van der Waals surface area contributed by atoms with Crippen molar-refractivity contribution >= 4 is 23.7 Å². The fourth-order valence-corrected chi connectivity index (χ4v) is 5.61. The monoisotopic (exact) mass is 752 g/mol. The number of alkyl halides is 6. The van der Waals surface area contributed by atoms with Crippen LogP contribution in [-0.2, 0) is 33.0 Å². The molecular formula is C35H38F6N6O6. The number of unbranched alkanes of at least 4 members (excludes halogenated alkanes) is 1. The van der Waals surface area contributed by atoms with Gasteiger partial charge in [0, 0.05) is 24.9 Å². The van der Waals surface area contributed by atoms with E-state index in [9.17, 15) is 35.9 Å². The quantitative estimate of drug-likeness (QED) is 0.104. The van der Waals surface area contributed by atoms with Crippen molar-refractivity contribution in [1.82, 2.24) is 15.0 Å². The molecule has 0 bridgehead atoms. The fourth-order valence-electron chi connectivity index (χ4n) is 5.61. The number of benzene rings is 1. The van der Waals surface area contributed by atoms with Crippen LogP contribution in [0.25, 0.3) is 0 Å². The highest BCUT2D eigenvalue weighted by Gasteiger charge is 2.40. The van der Waals surface area contributed by atoms with E-state index >= 15 is 0 Å². The van der Waals surface area contributed by atoms with E-state index in [4.69, 9.17) is 24.2 Å². The van der Waals surface area contributed by atoms with Gasteiger partial charge in [-0.2, -0.15) is 31.6 Å². The molecule has 12 nitrogen and oxygen atoms in total. The Kier molecular flexibility index (Phi) is 12.6. The van der Waals surface area contributed by atoms with Gasteiger partial charge in [-0.3, -0.25) is 9.69 Å². The van der Waals surface area contributed by atoms with Gasteiger partial charge in [0.1, 0.15) is 6.61 Å². The molecule has 2 atom stereocenters. The van der Waals surface area contributed by atoms with Crippen LogP contribution in [0.4, 0.5) is 42.8 Å². The fraction of sp³-hybridized carbons (Fsp3) is 0.486. The van der Waals surface area contributed by atoms with Crippen molar-refractivity contribution in [3.05, 3.63) is 64.6 Å². The molecule has 4 rings (SSSR count). The number of pyridine rings is 1. The maximum atomic E-state index is 13.7. The minimum Gasteiger partial charge on any atom is -0.490 e. The maximum absolute atomic E-state index is 13.7. The molecule has 1 aliphatic rings. The molecule has 286 valence electrons. The molecule has 0 unspecified atom stereocenters. The molecule has 0 saturated carbocycles. The molecule has 0 saturated heterocycles. The number of methoxy groups -OCH3 is 2. The second-order valence-electron chi connectivity index (χ2n) is 12.8. The summed E-state index contributed by atoms with van der Waals surface area (Å²) in [6.45, 7) is 4.72. The summed E-state index contributed by atoms with van der Waals surface area (Å²) in [7, 11) is 2.63. The maximum Gasteiger partial charge on any atom is 0.416 e. The summed E-state index contributed by atoms with van der Waals surface area (Å²) in [6.07, 6.45) is -9.00. The first kappa shape index (κ1) is 40.4. The number of carbonyl (C=O) groups excluding carboxylic acids is 2. The summed E-state index contributed by atoms with van der Waals surface area (Å²) in [5.41, 5.74) is -3.76. The van der Waals surface area contributed by atoms with E-state index in [1.807, 2.05) is 13.0 Å². The number of amides is 1. The Morgan fingerprint density at radius 1 is 1.04 bits per heavy atom. The van der Waals surface area contributed by atoms with E-state index in [0.29, 0.717) is 36.4 Å². The van der Waals surface area contributed by atoms with Gasteiger partial charge >= 0.3 is 24.4 Å². The zero-order chi connectivity index (χ0) is 39.1. The van der Waals surface area contributed by atoms with E-state index in [-0.39, 0.29) is 61.0 Å². The van der Waals surface area contributed by atoms with Crippen molar-refractivity contribution in [3.63, 3.8) is 0 Å². The Balaban J connectivity index is 1.72. The van der Waals surface area contributed by atoms with Crippen molar-refractivity contribution in [3.8, 4) is 17.7 Å². The number of esters is 1. The molecule has 0 radical (unpaired) electrons. The summed E-state index contributed by atoms with van der Waals surface area (Å²) in [5, 5.41) is 12.0. The Labute approximate surface area is 301 Å². The first-order valence-corrected chi connectivity index (χ1v) is 16.4. The average molecular weight is 753 g/mol. The first-order chi connectivity index (χ1) is 24.9. The largest absolute Gasteiger partial charge is 0.490 e. The summed E-state index contributed by atoms with van der Waals surface area (Å²) >= 11 is 0. The number of nitrogens with one attached hydrogen (secondary N) is 1. The predicted molar refractivity (Wildman–Crippen MR) is 177 cm³/mol. The molecule has 2 aromatic heterocycles. The molecule has 3 aromatic rings. The first-order valence-electron chi connectivity index (χ1n) is 16.4. The van der Waals surface area contributed by atoms with E-state index in [2.05, 4.69) is 20.3 Å². The number of hydrogen-bond donors (Lipinski definition) is 1. The van der Waals surface area contributed by atoms with Crippen LogP contribution in [0, 0.1) is 16.7 Å². The van der Waals surface area contributed by atoms with Crippen molar-refractivity contribution < 1.29 is 54.9 Å². The Morgan fingerprint density at radius 2 is 1.72 bits per heavy atom. The zero-order valence-corrected chi connectivity index (χ0v) is 29.5. The average Bonchev–Trinajstić information content (AvgIpc) is 3.11. The lowest BCUT2D eigenvalue weighted by Crippen LogP contribution is -2.47. The number of nitriles is 1. The number of hydrogen-bond acceptors (Lipinski definition) is 11. The van der Waals surface area contributed by atoms with Crippen molar-refractivity contribution in [2.75, 3.05) is 37.7 Å². The van der Waals surface area contributed by atoms with Crippen LogP contribution < -0.4 is 19.7 Å². The van der Waals surface area contributed by atoms with Crippen molar-refractivity contribution in [1.29, 1.82) is 5.26 Å². The number of carbonyl (C=O) groups is 2. The van der Waals surface area contributed by atoms with Gasteiger partial charge in [0.05, 0.1) is 72.8 Å². The van der Waals surface area contributed by atoms with Crippen molar-refractivity contribution in [2.45, 2.75) is 77.3 Å². The van der Waals surface area contributed by atoms with Gasteiger partial charge in [0.2, 0.25) is 11.8 Å². The molecule has 0 spiro atoms. The van der Waals surface area contributed by atoms with Gasteiger partial charge in [0.25, 0.3) is 0 Å². The van der Waals surface area contributed by atoms with Crippen LogP contribution in [0.2, 0.25) is 0 Å². The van der Waals surface area contributed by atoms with Crippen molar-refractivity contribution in [2.24, 2.45) is 5.41 Å². The molecule has 18 heteroatoms. The summed E-state index contributed by atoms with van der Waals surface area (Å²) in [6, 6.07) is 5.23. The van der Waals surface area contributed by atoms with Gasteiger partial charge in [-0.1, -0.05) is 6.92 Å². The summed E-state index contributed by atoms with van der Waals surface area (Å²) in [4.78, 5) is 40.5. The van der Waals surface area contributed by atoms with Crippen LogP contribution in [0.15, 0.2) is 36.5 Å². The van der Waals surface area contributed by atoms with E-state index in [0.717, 1.165) is 0 Å². The lowest BCUT2D eigenvalue weighted by molar-refractivity contribution is -0.152. The topological polar surface area (TPSA) is 149 Å². The number of aromatic nitrogens is 3. The standard InChI is InChI=1S/C35H38F6N6O6/c1-6-23-17-25(29-26(9-10-28(46-29)50-4)47(23)32(49)53-19-33(2,3)30(48)51-5)45-31-43-18-27(52-12-8-7-11-42)24(44-31)15-20-13-21(34(36,37)38)16-22(14-20)35(39,40)41/h9-10,13-14,16,18,23,25H,6-8,12,15,17,19H2,1-5H3,(H,43,44,45)/t23-,25+/m1/s1. The summed E-state index contributed by atoms with van der Waals surface area (Å²) in [5.74, 6) is -0.422. The van der Waals surface area contributed by atoms with Crippen LogP contribution in [0.1, 0.15) is 80.6 Å². The lowest BCUT2D eigenvalue weighted by Gasteiger charge is -2.39. The molecule has 0 aliphatic carbocycles. The Bertz CT molecular complexity index is 1800. The molecule has 0 fully saturated rings. The van der Waals surface area contributed by atoms with Crippen LogP contribution in [0.5, 0.6) is 11.6 Å². The lowest BCUT2D eigenvalue weighted by atomic mass is 9.93. The normalized spacial score (nSPS) is 15.9. The van der Waals surface area contributed by atoms with Gasteiger partial charge in [-0.15, -0.1) is 0 Å². The number of halogens is 6. The second kappa shape index (κ2) is 16.6. The minimum atomic E-state index is -5.05. The smallest absolute Gasteiger partial charge is 0.416 e. The highest BCUT2D eigenvalue weighted by Crippen LogP contribution is 2.41. The number of ether oxygens (including phenoxy) is 4. The minimum absolute atomic E-state index is 0.00136. The van der Waals surface area contributed by atoms with E-state index < -0.39 is 59.5 Å². The molecule has 53 heavy (non-hydrogen) atoms. The highest BCUT2D eigenvalue weighted by atomic mass is 19.4. The number of fused-ring (bicyclic) bond motifs is 1. The van der Waals surface area contributed by atoms with E-state index in [1.54, 1.807) is 26.0 Å². The Morgan fingerprint density at radius 3 is 2.30 bits per heavy atom. The molecule has 1 aliphatic heterocycles. The van der Waals surface area contributed by atoms with Gasteiger partial charge in [0.15, 0.2) is 5.75 Å². The third kappa shape index (κ3) is 9.96. The van der Waals surface area contributed by atoms with Gasteiger partial charge < -0.3 is 24.3 Å². The SMILES string of the molecule is CC[C@@H]1C[C@H](Nc2ncc(OCCCC#N)c(Cc3cc(C(F)(F)F)cc(C(F)(F)F)c3)n2)c2nc(OC)ccc2N1C(=O)OCC(C)(C)C(=O)OC.